The van der Waals surface area contributed by atoms with E-state index < -0.39 is 0 Å². The monoisotopic (exact) mass is 781 g/mol. The van der Waals surface area contributed by atoms with Crippen LogP contribution in [0, 0.1) is 11.8 Å². The highest BCUT2D eigenvalue weighted by Crippen LogP contribution is 2.44. The lowest BCUT2D eigenvalue weighted by Crippen LogP contribution is -2.39. The molecule has 2 heterocycles. The quantitative estimate of drug-likeness (QED) is 0.170. The van der Waals surface area contributed by atoms with Crippen LogP contribution in [0.4, 0.5) is 0 Å². The number of allylic oxidation sites excluding steroid dienone is 11. The molecule has 2 nitrogen and oxygen atoms in total. The largest absolute Gasteiger partial charge is 0.485 e. The molecular formula is C56H47NOS. The Morgan fingerprint density at radius 1 is 0.627 bits per heavy atom. The second-order valence-electron chi connectivity index (χ2n) is 17.1. The lowest BCUT2D eigenvalue weighted by atomic mass is 9.82. The number of para-hydroxylation sites is 1. The van der Waals surface area contributed by atoms with Crippen molar-refractivity contribution in [3.05, 3.63) is 200 Å². The van der Waals surface area contributed by atoms with Crippen molar-refractivity contribution in [2.24, 2.45) is 11.8 Å². The molecule has 1 aromatic heterocycles. The van der Waals surface area contributed by atoms with Gasteiger partial charge in [-0.05, 0) is 112 Å². The molecule has 0 N–H and O–H groups in total. The second-order valence-corrected chi connectivity index (χ2v) is 18.1. The number of rotatable bonds is 6. The maximum atomic E-state index is 6.44. The molecule has 0 spiro atoms. The van der Waals surface area contributed by atoms with Crippen molar-refractivity contribution in [3.8, 4) is 5.75 Å². The van der Waals surface area contributed by atoms with Gasteiger partial charge in [-0.25, -0.2) is 0 Å². The van der Waals surface area contributed by atoms with Crippen LogP contribution in [-0.2, 0) is 0 Å². The van der Waals surface area contributed by atoms with E-state index in [1.54, 1.807) is 0 Å². The number of fused-ring (bicyclic) bond motifs is 9. The van der Waals surface area contributed by atoms with E-state index in [2.05, 4.69) is 175 Å². The van der Waals surface area contributed by atoms with Gasteiger partial charge in [0.25, 0.3) is 0 Å². The van der Waals surface area contributed by atoms with Crippen molar-refractivity contribution < 1.29 is 4.74 Å². The lowest BCUT2D eigenvalue weighted by molar-refractivity contribution is 0.267. The Kier molecular flexibility index (Phi) is 8.58. The summed E-state index contributed by atoms with van der Waals surface area (Å²) in [6, 6.07) is 29.1. The molecule has 0 fully saturated rings. The molecule has 5 atom stereocenters. The molecule has 0 radical (unpaired) electrons. The summed E-state index contributed by atoms with van der Waals surface area (Å²) in [7, 11) is 0. The predicted molar refractivity (Wildman–Crippen MR) is 248 cm³/mol. The molecule has 1 aliphatic heterocycles. The van der Waals surface area contributed by atoms with Crippen molar-refractivity contribution in [1.29, 1.82) is 0 Å². The van der Waals surface area contributed by atoms with Crippen LogP contribution in [0.5, 0.6) is 5.75 Å². The number of ether oxygens (including phenoxy) is 1. The van der Waals surface area contributed by atoms with Crippen LogP contribution in [0.1, 0.15) is 62.0 Å². The average molecular weight is 782 g/mol. The highest BCUT2D eigenvalue weighted by Gasteiger charge is 2.34. The van der Waals surface area contributed by atoms with Crippen molar-refractivity contribution in [2.75, 3.05) is 0 Å². The van der Waals surface area contributed by atoms with Gasteiger partial charge >= 0.3 is 0 Å². The van der Waals surface area contributed by atoms with Crippen LogP contribution in [0.25, 0.3) is 50.4 Å². The maximum absolute atomic E-state index is 6.44. The van der Waals surface area contributed by atoms with E-state index in [1.165, 1.54) is 80.3 Å². The van der Waals surface area contributed by atoms with Crippen molar-refractivity contribution in [3.63, 3.8) is 0 Å². The minimum absolute atomic E-state index is 0.0763. The number of hydrogen-bond donors (Lipinski definition) is 0. The molecule has 5 aromatic rings. The van der Waals surface area contributed by atoms with E-state index >= 15 is 0 Å². The number of thiophene rings is 1. The Bertz CT molecular complexity index is 3100. The Balaban J connectivity index is 0.906. The van der Waals surface area contributed by atoms with Gasteiger partial charge in [0, 0.05) is 44.8 Å². The van der Waals surface area contributed by atoms with Gasteiger partial charge in [-0.15, -0.1) is 11.3 Å². The first kappa shape index (κ1) is 35.1. The molecular weight excluding hydrogens is 735 g/mol. The van der Waals surface area contributed by atoms with E-state index in [-0.39, 0.29) is 12.1 Å². The third kappa shape index (κ3) is 6.04. The molecule has 6 aliphatic carbocycles. The molecule has 3 heteroatoms. The predicted octanol–water partition coefficient (Wildman–Crippen LogP) is 10.8. The van der Waals surface area contributed by atoms with Crippen molar-refractivity contribution in [2.45, 2.75) is 63.0 Å². The second kappa shape index (κ2) is 14.4. The first-order chi connectivity index (χ1) is 29.2. The molecule has 5 unspecified atom stereocenters. The highest BCUT2D eigenvalue weighted by atomic mass is 32.1. The SMILES string of the molecule is C1=CC(c2cccc3c4c(sc23)=C(N(C2=CCC(C3=CC5Oc6ccccc6C5C=C3)C=C2)C2C=CC(C3C=c5c(ccc6ccccc56)=CC3)=CC2)CCC=4)=CCC1. The van der Waals surface area contributed by atoms with Gasteiger partial charge in [0.15, 0.2) is 0 Å². The first-order valence-corrected chi connectivity index (χ1v) is 22.6. The Morgan fingerprint density at radius 3 is 2.42 bits per heavy atom. The molecule has 0 bridgehead atoms. The van der Waals surface area contributed by atoms with Crippen LogP contribution < -0.4 is 24.9 Å². The molecule has 59 heavy (non-hydrogen) atoms. The topological polar surface area (TPSA) is 12.5 Å². The third-order valence-corrected chi connectivity index (χ3v) is 15.0. The van der Waals surface area contributed by atoms with E-state index in [9.17, 15) is 0 Å². The minimum atomic E-state index is 0.0763. The van der Waals surface area contributed by atoms with E-state index in [1.807, 2.05) is 11.3 Å². The third-order valence-electron chi connectivity index (χ3n) is 13.7. The van der Waals surface area contributed by atoms with Gasteiger partial charge in [0.1, 0.15) is 11.9 Å². The summed E-state index contributed by atoms with van der Waals surface area (Å²) in [5.74, 6) is 2.05. The fourth-order valence-electron chi connectivity index (χ4n) is 10.7. The smallest absolute Gasteiger partial charge is 0.128 e. The highest BCUT2D eigenvalue weighted by molar-refractivity contribution is 7.17. The fraction of sp³-hybridized carbons (Fsp3) is 0.214. The summed E-state index contributed by atoms with van der Waals surface area (Å²) < 4.78 is 9.30. The van der Waals surface area contributed by atoms with Crippen molar-refractivity contribution >= 4 is 61.7 Å². The van der Waals surface area contributed by atoms with Gasteiger partial charge in [0.05, 0.1) is 10.6 Å². The molecule has 0 saturated carbocycles. The molecule has 12 rings (SSSR count). The molecule has 4 aromatic carbocycles. The Labute approximate surface area is 350 Å². The zero-order chi connectivity index (χ0) is 38.9. The fourth-order valence-corrected chi connectivity index (χ4v) is 12.1. The summed E-state index contributed by atoms with van der Waals surface area (Å²) in [6.07, 6.45) is 44.1. The van der Waals surface area contributed by atoms with Gasteiger partial charge < -0.3 is 9.64 Å². The van der Waals surface area contributed by atoms with Gasteiger partial charge in [0.2, 0.25) is 0 Å². The van der Waals surface area contributed by atoms with Crippen LogP contribution in [0.2, 0.25) is 0 Å². The van der Waals surface area contributed by atoms with E-state index in [4.69, 9.17) is 4.74 Å². The molecule has 7 aliphatic rings. The zero-order valence-electron chi connectivity index (χ0n) is 33.3. The summed E-state index contributed by atoms with van der Waals surface area (Å²) in [5, 5.41) is 8.25. The molecule has 0 saturated heterocycles. The van der Waals surface area contributed by atoms with E-state index in [0.29, 0.717) is 17.8 Å². The molecule has 288 valence electrons. The average Bonchev–Trinajstić information content (AvgIpc) is 3.88. The summed E-state index contributed by atoms with van der Waals surface area (Å²) >= 11 is 2.01. The summed E-state index contributed by atoms with van der Waals surface area (Å²) in [6.45, 7) is 0. The lowest BCUT2D eigenvalue weighted by Gasteiger charge is -2.38. The maximum Gasteiger partial charge on any atom is 0.128 e. The standard InChI is InChI=1S/C56H47NOS/c1-2-10-38(11-3-1)46-15-8-16-49-50-17-9-18-52(56(50)59-55(46)49)57(44-31-26-37(27-32-44)42-28-33-48-47-14-6-7-19-53(47)58-54(48)35-42)43-29-24-36(25-30-43)41-23-22-40-21-20-39-12-4-5-13-45(39)51(40)34-41/h2,4-8,10-17,19-22,24-26,28-29,31-35,37,41,43,48,54H,1,3,9,18,23,27,30H2. The number of nitrogens with zero attached hydrogens (tertiary/aromatic N) is 1. The van der Waals surface area contributed by atoms with Crippen LogP contribution >= 0.6 is 11.3 Å². The zero-order valence-corrected chi connectivity index (χ0v) is 34.1. The van der Waals surface area contributed by atoms with Crippen LogP contribution in [0.3, 0.4) is 0 Å². The molecule has 0 amide bonds. The normalized spacial score (nSPS) is 24.9. The number of benzene rings is 4. The first-order valence-electron chi connectivity index (χ1n) is 21.8. The van der Waals surface area contributed by atoms with Crippen LogP contribution in [0.15, 0.2) is 169 Å². The van der Waals surface area contributed by atoms with Crippen LogP contribution in [-0.4, -0.2) is 17.0 Å². The summed E-state index contributed by atoms with van der Waals surface area (Å²) in [5.41, 5.74) is 9.65. The van der Waals surface area contributed by atoms with E-state index in [0.717, 1.165) is 50.7 Å². The van der Waals surface area contributed by atoms with Gasteiger partial charge in [-0.2, -0.15) is 0 Å². The Hall–Kier alpha value is -5.90. The minimum Gasteiger partial charge on any atom is -0.485 e. The van der Waals surface area contributed by atoms with Gasteiger partial charge in [-0.3, -0.25) is 0 Å². The van der Waals surface area contributed by atoms with Crippen molar-refractivity contribution in [1.82, 2.24) is 4.90 Å². The van der Waals surface area contributed by atoms with Gasteiger partial charge in [-0.1, -0.05) is 152 Å². The Morgan fingerprint density at radius 2 is 1.53 bits per heavy atom. The number of hydrogen-bond acceptors (Lipinski definition) is 3. The summed E-state index contributed by atoms with van der Waals surface area (Å²) in [4.78, 5) is 2.73.